The number of carboxylic acids is 1. The van der Waals surface area contributed by atoms with Crippen LogP contribution in [0.3, 0.4) is 0 Å². The molecule has 0 aromatic rings. The fraction of sp³-hybridized carbons (Fsp3) is 0.917. The van der Waals surface area contributed by atoms with Gasteiger partial charge in [-0.25, -0.2) is 4.79 Å². The number of aliphatic carboxylic acids is 1. The van der Waals surface area contributed by atoms with Crippen LogP contribution in [0.4, 0.5) is 0 Å². The third kappa shape index (κ3) is 13.2. The van der Waals surface area contributed by atoms with Crippen molar-refractivity contribution in [1.29, 1.82) is 0 Å². The quantitative estimate of drug-likeness (QED) is 0.301. The van der Waals surface area contributed by atoms with Gasteiger partial charge in [0.1, 0.15) is 5.60 Å². The second-order valence-electron chi connectivity index (χ2n) is 11.7. The van der Waals surface area contributed by atoms with Gasteiger partial charge in [-0.15, -0.1) is 12.4 Å². The van der Waals surface area contributed by atoms with E-state index in [0.717, 1.165) is 19.6 Å². The second kappa shape index (κ2) is 14.1. The number of esters is 1. The fourth-order valence-electron chi connectivity index (χ4n) is 3.72. The molecule has 10 nitrogen and oxygen atoms in total. The lowest BCUT2D eigenvalue weighted by Gasteiger charge is -2.49. The highest BCUT2D eigenvalue weighted by molar-refractivity contribution is 5.85. The summed E-state index contributed by atoms with van der Waals surface area (Å²) >= 11 is 0. The van der Waals surface area contributed by atoms with Crippen molar-refractivity contribution in [1.82, 2.24) is 20.9 Å². The standard InChI is InChI=1S/C24H48N4O6.ClH/c1-21(2,3)32-20(31)24(33-22(4,5)6,34-23(7,8)9)18-16-27-13-12-25-10-11-26-14-15-28(18)17-19(29)30;/h18,25-27H,10-17H2,1-9H3,(H,29,30);1H. The second-order valence-corrected chi connectivity index (χ2v) is 11.7. The molecule has 0 bridgehead atoms. The Labute approximate surface area is 217 Å². The van der Waals surface area contributed by atoms with Crippen molar-refractivity contribution in [3.05, 3.63) is 0 Å². The van der Waals surface area contributed by atoms with E-state index in [1.54, 1.807) is 25.7 Å². The number of hydrogen-bond acceptors (Lipinski definition) is 9. The van der Waals surface area contributed by atoms with Crippen molar-refractivity contribution in [2.75, 3.05) is 52.4 Å². The molecule has 1 aliphatic heterocycles. The summed E-state index contributed by atoms with van der Waals surface area (Å²) in [7, 11) is 0. The highest BCUT2D eigenvalue weighted by Crippen LogP contribution is 2.35. The molecule has 0 radical (unpaired) electrons. The number of carbonyl (C=O) groups is 2. The average Bonchev–Trinajstić information content (AvgIpc) is 2.59. The molecule has 0 aliphatic carbocycles. The summed E-state index contributed by atoms with van der Waals surface area (Å²) in [5, 5.41) is 19.8. The highest BCUT2D eigenvalue weighted by Gasteiger charge is 2.57. The molecular weight excluding hydrogens is 476 g/mol. The molecule has 1 aliphatic rings. The van der Waals surface area contributed by atoms with E-state index in [0.29, 0.717) is 19.6 Å². The van der Waals surface area contributed by atoms with E-state index in [9.17, 15) is 14.7 Å². The van der Waals surface area contributed by atoms with Gasteiger partial charge in [-0.05, 0) is 62.3 Å². The number of hydrogen-bond donors (Lipinski definition) is 4. The van der Waals surface area contributed by atoms with E-state index >= 15 is 0 Å². The van der Waals surface area contributed by atoms with Gasteiger partial charge < -0.3 is 35.3 Å². The third-order valence-electron chi connectivity index (χ3n) is 4.69. The number of rotatable bonds is 6. The van der Waals surface area contributed by atoms with Crippen LogP contribution in [0, 0.1) is 0 Å². The summed E-state index contributed by atoms with van der Waals surface area (Å²) in [6.07, 6.45) is 0. The molecule has 1 heterocycles. The number of carboxylic acid groups (broad SMARTS) is 1. The first-order valence-corrected chi connectivity index (χ1v) is 12.2. The van der Waals surface area contributed by atoms with Crippen molar-refractivity contribution >= 4 is 24.3 Å². The molecule has 35 heavy (non-hydrogen) atoms. The van der Waals surface area contributed by atoms with Crippen LogP contribution in [0.2, 0.25) is 0 Å². The highest BCUT2D eigenvalue weighted by atomic mass is 35.5. The Kier molecular flexibility index (Phi) is 13.7. The number of nitrogens with one attached hydrogen (secondary N) is 3. The predicted molar refractivity (Wildman–Crippen MR) is 139 cm³/mol. The van der Waals surface area contributed by atoms with Gasteiger partial charge in [0.25, 0.3) is 5.79 Å². The molecular formula is C24H49ClN4O6. The van der Waals surface area contributed by atoms with Gasteiger partial charge in [0.05, 0.1) is 23.8 Å². The minimum absolute atomic E-state index is 0. The average molecular weight is 525 g/mol. The van der Waals surface area contributed by atoms with Crippen molar-refractivity contribution < 1.29 is 28.9 Å². The SMILES string of the molecule is CC(C)(C)OC(=O)C(OC(C)(C)C)(OC(C)(C)C)C1CNCCNCCNCCN1CC(=O)O.Cl. The first kappa shape index (κ1) is 34.0. The molecule has 0 amide bonds. The number of nitrogens with zero attached hydrogens (tertiary/aromatic N) is 1. The van der Waals surface area contributed by atoms with Crippen LogP contribution in [0.15, 0.2) is 0 Å². The Bertz CT molecular complexity index is 642. The van der Waals surface area contributed by atoms with Gasteiger partial charge in [-0.3, -0.25) is 9.69 Å². The van der Waals surface area contributed by atoms with Gasteiger partial charge in [0, 0.05) is 45.8 Å². The lowest BCUT2D eigenvalue weighted by Crippen LogP contribution is -2.69. The Morgan fingerprint density at radius 1 is 0.800 bits per heavy atom. The van der Waals surface area contributed by atoms with E-state index in [4.69, 9.17) is 14.2 Å². The van der Waals surface area contributed by atoms with E-state index in [2.05, 4.69) is 16.0 Å². The summed E-state index contributed by atoms with van der Waals surface area (Å²) in [4.78, 5) is 27.6. The zero-order valence-electron chi connectivity index (χ0n) is 23.1. The Balaban J connectivity index is 0.0000116. The number of ether oxygens (including phenoxy) is 3. The Hall–Kier alpha value is -1.01. The van der Waals surface area contributed by atoms with E-state index < -0.39 is 40.6 Å². The zero-order valence-corrected chi connectivity index (χ0v) is 23.9. The normalized spacial score (nSPS) is 20.2. The summed E-state index contributed by atoms with van der Waals surface area (Å²) < 4.78 is 18.8. The Morgan fingerprint density at radius 2 is 1.26 bits per heavy atom. The molecule has 1 unspecified atom stereocenters. The topological polar surface area (TPSA) is 121 Å². The predicted octanol–water partition coefficient (Wildman–Crippen LogP) is 1.61. The van der Waals surface area contributed by atoms with Crippen LogP contribution < -0.4 is 16.0 Å². The summed E-state index contributed by atoms with van der Waals surface area (Å²) in [5.41, 5.74) is -2.38. The van der Waals surface area contributed by atoms with Crippen molar-refractivity contribution in [3.8, 4) is 0 Å². The first-order valence-electron chi connectivity index (χ1n) is 12.2. The fourth-order valence-corrected chi connectivity index (χ4v) is 3.72. The largest absolute Gasteiger partial charge is 0.480 e. The van der Waals surface area contributed by atoms with Crippen LogP contribution in [-0.2, 0) is 23.8 Å². The van der Waals surface area contributed by atoms with E-state index in [-0.39, 0.29) is 25.5 Å². The molecule has 0 aromatic carbocycles. The van der Waals surface area contributed by atoms with E-state index in [1.807, 2.05) is 41.5 Å². The lowest BCUT2D eigenvalue weighted by atomic mass is 9.99. The van der Waals surface area contributed by atoms with Crippen molar-refractivity contribution in [2.45, 2.75) is 90.9 Å². The summed E-state index contributed by atoms with van der Waals surface area (Å²) in [6, 6.07) is -0.780. The molecule has 1 saturated heterocycles. The number of carbonyl (C=O) groups excluding carboxylic acids is 1. The molecule has 11 heteroatoms. The van der Waals surface area contributed by atoms with Gasteiger partial charge in [0.15, 0.2) is 0 Å². The maximum Gasteiger partial charge on any atom is 0.369 e. The minimum Gasteiger partial charge on any atom is -0.480 e. The van der Waals surface area contributed by atoms with E-state index in [1.165, 1.54) is 0 Å². The van der Waals surface area contributed by atoms with Gasteiger partial charge in [0.2, 0.25) is 0 Å². The van der Waals surface area contributed by atoms with Crippen molar-refractivity contribution in [2.24, 2.45) is 0 Å². The van der Waals surface area contributed by atoms with Gasteiger partial charge in [-0.1, -0.05) is 0 Å². The zero-order chi connectivity index (χ0) is 26.2. The van der Waals surface area contributed by atoms with Crippen LogP contribution in [-0.4, -0.2) is 103 Å². The third-order valence-corrected chi connectivity index (χ3v) is 4.69. The summed E-state index contributed by atoms with van der Waals surface area (Å²) in [5.74, 6) is -3.56. The Morgan fingerprint density at radius 3 is 1.69 bits per heavy atom. The molecule has 1 atom stereocenters. The number of halogens is 1. The molecule has 1 fully saturated rings. The maximum absolute atomic E-state index is 13.9. The lowest BCUT2D eigenvalue weighted by molar-refractivity contribution is -0.328. The van der Waals surface area contributed by atoms with Crippen LogP contribution in [0.1, 0.15) is 62.3 Å². The molecule has 0 saturated carbocycles. The van der Waals surface area contributed by atoms with Crippen LogP contribution in [0.5, 0.6) is 0 Å². The molecule has 0 spiro atoms. The maximum atomic E-state index is 13.9. The smallest absolute Gasteiger partial charge is 0.369 e. The molecule has 1 rings (SSSR count). The first-order chi connectivity index (χ1) is 15.5. The summed E-state index contributed by atoms with van der Waals surface area (Å²) in [6.45, 7) is 20.2. The van der Waals surface area contributed by atoms with Gasteiger partial charge >= 0.3 is 11.9 Å². The minimum atomic E-state index is -1.89. The molecule has 0 aromatic heterocycles. The molecule has 208 valence electrons. The van der Waals surface area contributed by atoms with Crippen LogP contribution in [0.25, 0.3) is 0 Å². The van der Waals surface area contributed by atoms with Gasteiger partial charge in [-0.2, -0.15) is 0 Å². The monoisotopic (exact) mass is 524 g/mol. The molecule has 4 N–H and O–H groups in total. The van der Waals surface area contributed by atoms with Crippen molar-refractivity contribution in [3.63, 3.8) is 0 Å². The van der Waals surface area contributed by atoms with Crippen LogP contribution >= 0.6 is 12.4 Å².